The van der Waals surface area contributed by atoms with Gasteiger partial charge in [0.05, 0.1) is 12.5 Å². The molecule has 29 heavy (non-hydrogen) atoms. The molecular weight excluding hydrogens is 386 g/mol. The molecule has 0 amide bonds. The van der Waals surface area contributed by atoms with Crippen LogP contribution in [-0.2, 0) is 16.7 Å². The summed E-state index contributed by atoms with van der Waals surface area (Å²) in [6.45, 7) is 3.03. The fraction of sp³-hybridized carbons (Fsp3) is 0.217. The topological polar surface area (TPSA) is 70.8 Å². The summed E-state index contributed by atoms with van der Waals surface area (Å²) in [5.74, 6) is 0. The van der Waals surface area contributed by atoms with Gasteiger partial charge in [0, 0.05) is 30.6 Å². The van der Waals surface area contributed by atoms with E-state index in [4.69, 9.17) is 8.97 Å². The summed E-state index contributed by atoms with van der Waals surface area (Å²) in [4.78, 5) is 2.47. The van der Waals surface area contributed by atoms with Gasteiger partial charge in [-0.25, -0.2) is 0 Å². The Morgan fingerprint density at radius 1 is 1.07 bits per heavy atom. The van der Waals surface area contributed by atoms with Crippen molar-refractivity contribution in [2.45, 2.75) is 13.0 Å². The van der Waals surface area contributed by atoms with Gasteiger partial charge in [0.1, 0.15) is 5.58 Å². The smallest absolute Gasteiger partial charge is 0.261 e. The number of nitrogens with zero attached hydrogens (tertiary/aromatic N) is 1. The highest BCUT2D eigenvalue weighted by Gasteiger charge is 2.13. The van der Waals surface area contributed by atoms with Gasteiger partial charge in [-0.15, -0.1) is 0 Å². The Labute approximate surface area is 171 Å². The first kappa shape index (κ1) is 21.0. The molecule has 4 rings (SSSR count). The van der Waals surface area contributed by atoms with Gasteiger partial charge in [0.25, 0.3) is 10.1 Å². The van der Waals surface area contributed by atoms with Crippen molar-refractivity contribution in [3.8, 4) is 0 Å². The van der Waals surface area contributed by atoms with E-state index >= 15 is 0 Å². The first-order chi connectivity index (χ1) is 13.9. The molecule has 1 aliphatic rings. The molecule has 1 aliphatic heterocycles. The zero-order valence-corrected chi connectivity index (χ0v) is 17.2. The van der Waals surface area contributed by atoms with Gasteiger partial charge in [-0.3, -0.25) is 9.45 Å². The average molecular weight is 412 g/mol. The summed E-state index contributed by atoms with van der Waals surface area (Å²) in [6, 6.07) is 18.7. The third-order valence-corrected chi connectivity index (χ3v) is 4.57. The molecule has 0 bridgehead atoms. The number of hydrogen-bond acceptors (Lipinski definition) is 4. The van der Waals surface area contributed by atoms with Crippen molar-refractivity contribution in [3.63, 3.8) is 0 Å². The summed E-state index contributed by atoms with van der Waals surface area (Å²) in [5.41, 5.74) is 4.94. The minimum Gasteiger partial charge on any atom is -0.464 e. The van der Waals surface area contributed by atoms with Crippen molar-refractivity contribution < 1.29 is 17.4 Å². The van der Waals surface area contributed by atoms with E-state index in [1.165, 1.54) is 22.1 Å². The molecule has 2 aromatic carbocycles. The van der Waals surface area contributed by atoms with E-state index in [1.807, 2.05) is 18.4 Å². The molecule has 1 aromatic heterocycles. The van der Waals surface area contributed by atoms with Gasteiger partial charge in [-0.05, 0) is 23.6 Å². The van der Waals surface area contributed by atoms with Crippen molar-refractivity contribution >= 4 is 27.2 Å². The summed E-state index contributed by atoms with van der Waals surface area (Å²) in [6.07, 6.45) is 10.5. The normalized spacial score (nSPS) is 15.2. The average Bonchev–Trinajstić information content (AvgIpc) is 3.10. The van der Waals surface area contributed by atoms with Crippen LogP contribution >= 0.6 is 0 Å². The molecule has 2 heterocycles. The van der Waals surface area contributed by atoms with Crippen LogP contribution in [0, 0.1) is 0 Å². The highest BCUT2D eigenvalue weighted by molar-refractivity contribution is 7.85. The summed E-state index contributed by atoms with van der Waals surface area (Å²) in [7, 11) is -3.67. The lowest BCUT2D eigenvalue weighted by Gasteiger charge is -2.25. The van der Waals surface area contributed by atoms with E-state index in [2.05, 4.69) is 65.6 Å². The molecule has 5 nitrogen and oxygen atoms in total. The monoisotopic (exact) mass is 411 g/mol. The number of allylic oxidation sites excluding steroid dienone is 1. The van der Waals surface area contributed by atoms with Crippen molar-refractivity contribution in [1.29, 1.82) is 0 Å². The number of rotatable bonds is 4. The number of furan rings is 1. The van der Waals surface area contributed by atoms with Crippen LogP contribution < -0.4 is 0 Å². The quantitative estimate of drug-likeness (QED) is 0.626. The second kappa shape index (κ2) is 9.69. The molecule has 0 unspecified atom stereocenters. The first-order valence-electron chi connectivity index (χ1n) is 9.40. The Morgan fingerprint density at radius 3 is 2.45 bits per heavy atom. The SMILES string of the molecule is C1=C(/C=C/c2ccccc2)CCN(Cc2coc3ccccc23)C1.CS(=O)(=O)O. The van der Waals surface area contributed by atoms with E-state index in [9.17, 15) is 8.42 Å². The van der Waals surface area contributed by atoms with E-state index in [0.29, 0.717) is 6.26 Å². The third kappa shape index (κ3) is 7.02. The molecular formula is C23H25NO4S. The maximum Gasteiger partial charge on any atom is 0.261 e. The van der Waals surface area contributed by atoms with Gasteiger partial charge in [-0.1, -0.05) is 66.8 Å². The van der Waals surface area contributed by atoms with Crippen LogP contribution in [0.15, 0.2) is 83.0 Å². The predicted molar refractivity (Wildman–Crippen MR) is 117 cm³/mol. The second-order valence-electron chi connectivity index (χ2n) is 7.00. The molecule has 0 aliphatic carbocycles. The number of hydrogen-bond donors (Lipinski definition) is 1. The molecule has 0 fully saturated rings. The standard InChI is InChI=1S/C22H21NO.CH4O3S/c1-2-6-18(7-3-1)10-11-19-12-14-23(15-13-19)16-20-17-24-22-9-5-4-8-21(20)22;1-5(2,3)4/h1-12,17H,13-16H2;1H3,(H,2,3,4)/b11-10+;. The Bertz CT molecular complexity index is 1090. The van der Waals surface area contributed by atoms with Crippen LogP contribution in [-0.4, -0.2) is 37.2 Å². The summed E-state index contributed by atoms with van der Waals surface area (Å²) >= 11 is 0. The Morgan fingerprint density at radius 2 is 1.76 bits per heavy atom. The van der Waals surface area contributed by atoms with Crippen LogP contribution in [0.2, 0.25) is 0 Å². The van der Waals surface area contributed by atoms with E-state index in [0.717, 1.165) is 31.6 Å². The van der Waals surface area contributed by atoms with Gasteiger partial charge < -0.3 is 4.42 Å². The van der Waals surface area contributed by atoms with Crippen molar-refractivity contribution in [1.82, 2.24) is 4.90 Å². The lowest BCUT2D eigenvalue weighted by Crippen LogP contribution is -2.27. The van der Waals surface area contributed by atoms with Crippen LogP contribution in [0.3, 0.4) is 0 Å². The second-order valence-corrected chi connectivity index (χ2v) is 8.46. The summed E-state index contributed by atoms with van der Waals surface area (Å²) in [5, 5.41) is 1.23. The number of para-hydroxylation sites is 1. The number of fused-ring (bicyclic) bond motifs is 1. The van der Waals surface area contributed by atoms with Gasteiger partial charge in [-0.2, -0.15) is 8.42 Å². The molecule has 0 saturated carbocycles. The van der Waals surface area contributed by atoms with E-state index in [1.54, 1.807) is 0 Å². The zero-order chi connectivity index (χ0) is 20.7. The van der Waals surface area contributed by atoms with Crippen LogP contribution in [0.5, 0.6) is 0 Å². The summed E-state index contributed by atoms with van der Waals surface area (Å²) < 4.78 is 31.5. The van der Waals surface area contributed by atoms with Gasteiger partial charge in [0.15, 0.2) is 0 Å². The maximum absolute atomic E-state index is 9.19. The largest absolute Gasteiger partial charge is 0.464 e. The minimum absolute atomic E-state index is 0.715. The lowest BCUT2D eigenvalue weighted by atomic mass is 10.1. The fourth-order valence-corrected chi connectivity index (χ4v) is 3.19. The van der Waals surface area contributed by atoms with Gasteiger partial charge in [0.2, 0.25) is 0 Å². The van der Waals surface area contributed by atoms with Crippen molar-refractivity contribution in [2.75, 3.05) is 19.3 Å². The molecule has 0 atom stereocenters. The van der Waals surface area contributed by atoms with Crippen LogP contribution in [0.25, 0.3) is 17.0 Å². The van der Waals surface area contributed by atoms with Crippen LogP contribution in [0.4, 0.5) is 0 Å². The Balaban J connectivity index is 0.000000431. The highest BCUT2D eigenvalue weighted by Crippen LogP contribution is 2.23. The lowest BCUT2D eigenvalue weighted by molar-refractivity contribution is 0.287. The zero-order valence-electron chi connectivity index (χ0n) is 16.4. The van der Waals surface area contributed by atoms with Gasteiger partial charge >= 0.3 is 0 Å². The molecule has 0 spiro atoms. The van der Waals surface area contributed by atoms with E-state index < -0.39 is 10.1 Å². The van der Waals surface area contributed by atoms with Crippen molar-refractivity contribution in [2.24, 2.45) is 0 Å². The van der Waals surface area contributed by atoms with Crippen molar-refractivity contribution in [3.05, 3.63) is 89.7 Å². The molecule has 0 saturated heterocycles. The molecule has 1 N–H and O–H groups in total. The highest BCUT2D eigenvalue weighted by atomic mass is 32.2. The predicted octanol–water partition coefficient (Wildman–Crippen LogP) is 4.78. The number of benzene rings is 2. The minimum atomic E-state index is -3.67. The molecule has 6 heteroatoms. The fourth-order valence-electron chi connectivity index (χ4n) is 3.19. The Hall–Kier alpha value is -2.67. The maximum atomic E-state index is 9.19. The van der Waals surface area contributed by atoms with E-state index in [-0.39, 0.29) is 0 Å². The van der Waals surface area contributed by atoms with Crippen LogP contribution in [0.1, 0.15) is 17.5 Å². The molecule has 152 valence electrons. The molecule has 0 radical (unpaired) electrons. The Kier molecular flexibility index (Phi) is 7.04. The molecule has 3 aromatic rings. The first-order valence-corrected chi connectivity index (χ1v) is 11.3. The third-order valence-electron chi connectivity index (χ3n) is 4.57.